The molecule has 8 heteroatoms. The molecule has 3 aromatic rings. The first kappa shape index (κ1) is 21.8. The van der Waals surface area contributed by atoms with Crippen molar-refractivity contribution in [1.29, 1.82) is 0 Å². The van der Waals surface area contributed by atoms with Gasteiger partial charge in [-0.25, -0.2) is 4.39 Å². The van der Waals surface area contributed by atoms with Crippen LogP contribution < -0.4 is 4.90 Å². The molecule has 1 atom stereocenters. The van der Waals surface area contributed by atoms with Crippen LogP contribution in [0.2, 0.25) is 5.02 Å². The Morgan fingerprint density at radius 2 is 1.94 bits per heavy atom. The van der Waals surface area contributed by atoms with Crippen LogP contribution in [0, 0.1) is 11.7 Å². The highest BCUT2D eigenvalue weighted by Gasteiger charge is 2.37. The first-order chi connectivity index (χ1) is 16.0. The first-order valence-electron chi connectivity index (χ1n) is 11.3. The minimum atomic E-state index is -0.296. The summed E-state index contributed by atoms with van der Waals surface area (Å²) in [5.74, 6) is -0.500. The van der Waals surface area contributed by atoms with Gasteiger partial charge < -0.3 is 19.7 Å². The average molecular weight is 469 g/mol. The Balaban J connectivity index is 1.16. The topological polar surface area (TPSA) is 59.7 Å². The van der Waals surface area contributed by atoms with Crippen molar-refractivity contribution >= 4 is 40.0 Å². The number of benzene rings is 2. The maximum Gasteiger partial charge on any atom is 0.228 e. The zero-order valence-corrected chi connectivity index (χ0v) is 19.0. The minimum Gasteiger partial charge on any atom is -0.368 e. The predicted octanol–water partition coefficient (Wildman–Crippen LogP) is 3.70. The first-order valence-corrected chi connectivity index (χ1v) is 11.7. The molecular weight excluding hydrogens is 443 g/mol. The molecule has 2 fully saturated rings. The van der Waals surface area contributed by atoms with E-state index in [1.807, 2.05) is 35.4 Å². The van der Waals surface area contributed by atoms with Crippen molar-refractivity contribution in [2.75, 3.05) is 44.2 Å². The van der Waals surface area contributed by atoms with Crippen LogP contribution in [0.3, 0.4) is 0 Å². The van der Waals surface area contributed by atoms with Crippen molar-refractivity contribution in [2.24, 2.45) is 5.92 Å². The fourth-order valence-electron chi connectivity index (χ4n) is 4.88. The standard InChI is InChI=1S/C25H26ClFN4O2/c26-19-2-1-3-21(13-19)29-8-10-30(11-9-29)25(33)18-12-24(32)31(16-18)7-6-17-15-28-23-5-4-20(27)14-22(17)23/h1-5,13-15,18,28H,6-12,16H2/t18-/m0/s1. The summed E-state index contributed by atoms with van der Waals surface area (Å²) in [6, 6.07) is 12.4. The molecule has 1 aromatic heterocycles. The monoisotopic (exact) mass is 468 g/mol. The van der Waals surface area contributed by atoms with E-state index in [1.165, 1.54) is 12.1 Å². The van der Waals surface area contributed by atoms with Crippen LogP contribution >= 0.6 is 11.6 Å². The lowest BCUT2D eigenvalue weighted by molar-refractivity contribution is -0.136. The molecular formula is C25H26ClFN4O2. The molecule has 3 heterocycles. The summed E-state index contributed by atoms with van der Waals surface area (Å²) in [6.45, 7) is 3.73. The second-order valence-electron chi connectivity index (χ2n) is 8.79. The zero-order valence-electron chi connectivity index (χ0n) is 18.3. The molecule has 2 aliphatic heterocycles. The third-order valence-corrected chi connectivity index (χ3v) is 6.94. The molecule has 5 rings (SSSR count). The summed E-state index contributed by atoms with van der Waals surface area (Å²) in [4.78, 5) is 34.7. The van der Waals surface area contributed by atoms with Crippen LogP contribution in [0.4, 0.5) is 10.1 Å². The van der Waals surface area contributed by atoms with Crippen molar-refractivity contribution in [2.45, 2.75) is 12.8 Å². The summed E-state index contributed by atoms with van der Waals surface area (Å²) in [5, 5.41) is 1.54. The fraction of sp³-hybridized carbons (Fsp3) is 0.360. The maximum atomic E-state index is 13.6. The predicted molar refractivity (Wildman–Crippen MR) is 127 cm³/mol. The van der Waals surface area contributed by atoms with Gasteiger partial charge in [-0.05, 0) is 48.4 Å². The molecule has 0 bridgehead atoms. The second-order valence-corrected chi connectivity index (χ2v) is 9.22. The van der Waals surface area contributed by atoms with Gasteiger partial charge in [0.2, 0.25) is 11.8 Å². The van der Waals surface area contributed by atoms with Crippen LogP contribution in [-0.2, 0) is 16.0 Å². The van der Waals surface area contributed by atoms with E-state index in [2.05, 4.69) is 9.88 Å². The minimum absolute atomic E-state index is 0.0111. The number of H-pyrrole nitrogens is 1. The van der Waals surface area contributed by atoms with Crippen LogP contribution in [0.15, 0.2) is 48.7 Å². The van der Waals surface area contributed by atoms with Crippen LogP contribution in [0.5, 0.6) is 0 Å². The molecule has 0 saturated carbocycles. The number of aromatic nitrogens is 1. The number of amides is 2. The number of nitrogens with zero attached hydrogens (tertiary/aromatic N) is 3. The Labute approximate surface area is 196 Å². The highest BCUT2D eigenvalue weighted by molar-refractivity contribution is 6.30. The SMILES string of the molecule is O=C1C[C@H](C(=O)N2CCN(c3cccc(Cl)c3)CC2)CN1CCc1c[nH]c2ccc(F)cc12. The summed E-state index contributed by atoms with van der Waals surface area (Å²) in [6.07, 6.45) is 2.75. The van der Waals surface area contributed by atoms with Gasteiger partial charge in [0.25, 0.3) is 0 Å². The number of hydrogen-bond acceptors (Lipinski definition) is 3. The van der Waals surface area contributed by atoms with E-state index in [1.54, 1.807) is 11.0 Å². The van der Waals surface area contributed by atoms with Crippen molar-refractivity contribution in [3.05, 3.63) is 65.1 Å². The van der Waals surface area contributed by atoms with Crippen LogP contribution in [0.25, 0.3) is 10.9 Å². The highest BCUT2D eigenvalue weighted by Crippen LogP contribution is 2.25. The quantitative estimate of drug-likeness (QED) is 0.621. The lowest BCUT2D eigenvalue weighted by Gasteiger charge is -2.37. The number of hydrogen-bond donors (Lipinski definition) is 1. The number of carbonyl (C=O) groups is 2. The number of nitrogens with one attached hydrogen (secondary N) is 1. The number of aromatic amines is 1. The van der Waals surface area contributed by atoms with E-state index < -0.39 is 0 Å². The van der Waals surface area contributed by atoms with E-state index in [9.17, 15) is 14.0 Å². The van der Waals surface area contributed by atoms with Gasteiger partial charge in [-0.15, -0.1) is 0 Å². The second kappa shape index (κ2) is 9.06. The third-order valence-electron chi connectivity index (χ3n) is 6.71. The van der Waals surface area contributed by atoms with Crippen molar-refractivity contribution in [3.63, 3.8) is 0 Å². The highest BCUT2D eigenvalue weighted by atomic mass is 35.5. The van der Waals surface area contributed by atoms with Gasteiger partial charge in [0.05, 0.1) is 5.92 Å². The summed E-state index contributed by atoms with van der Waals surface area (Å²) >= 11 is 6.10. The molecule has 0 aliphatic carbocycles. The molecule has 0 radical (unpaired) electrons. The van der Waals surface area contributed by atoms with Gasteiger partial charge in [-0.1, -0.05) is 17.7 Å². The number of anilines is 1. The number of fused-ring (bicyclic) bond motifs is 1. The van der Waals surface area contributed by atoms with E-state index >= 15 is 0 Å². The number of carbonyl (C=O) groups excluding carboxylic acids is 2. The number of rotatable bonds is 5. The number of piperazine rings is 1. The van der Waals surface area contributed by atoms with E-state index in [4.69, 9.17) is 11.6 Å². The van der Waals surface area contributed by atoms with Crippen LogP contribution in [0.1, 0.15) is 12.0 Å². The average Bonchev–Trinajstić information content (AvgIpc) is 3.40. The molecule has 33 heavy (non-hydrogen) atoms. The summed E-state index contributed by atoms with van der Waals surface area (Å²) in [7, 11) is 0. The van der Waals surface area contributed by atoms with Gasteiger partial charge in [-0.3, -0.25) is 9.59 Å². The lowest BCUT2D eigenvalue weighted by atomic mass is 10.1. The van der Waals surface area contributed by atoms with E-state index in [0.717, 1.165) is 35.2 Å². The third kappa shape index (κ3) is 4.55. The number of likely N-dealkylation sites (tertiary alicyclic amines) is 1. The van der Waals surface area contributed by atoms with Gasteiger partial charge in [-0.2, -0.15) is 0 Å². The summed E-state index contributed by atoms with van der Waals surface area (Å²) < 4.78 is 13.6. The molecule has 0 unspecified atom stereocenters. The van der Waals surface area contributed by atoms with Gasteiger partial charge in [0.1, 0.15) is 5.82 Å². The molecule has 2 saturated heterocycles. The lowest BCUT2D eigenvalue weighted by Crippen LogP contribution is -2.50. The van der Waals surface area contributed by atoms with E-state index in [0.29, 0.717) is 37.6 Å². The molecule has 1 N–H and O–H groups in total. The Bertz CT molecular complexity index is 1190. The van der Waals surface area contributed by atoms with Crippen molar-refractivity contribution in [3.8, 4) is 0 Å². The summed E-state index contributed by atoms with van der Waals surface area (Å²) in [5.41, 5.74) is 2.92. The van der Waals surface area contributed by atoms with Gasteiger partial charge in [0, 0.05) is 73.5 Å². The van der Waals surface area contributed by atoms with Crippen molar-refractivity contribution in [1.82, 2.24) is 14.8 Å². The Kier molecular flexibility index (Phi) is 5.98. The molecule has 2 aromatic carbocycles. The largest absolute Gasteiger partial charge is 0.368 e. The Morgan fingerprint density at radius 1 is 1.12 bits per heavy atom. The fourth-order valence-corrected chi connectivity index (χ4v) is 5.07. The zero-order chi connectivity index (χ0) is 22.9. The molecule has 6 nitrogen and oxygen atoms in total. The molecule has 2 aliphatic rings. The van der Waals surface area contributed by atoms with Crippen molar-refractivity contribution < 1.29 is 14.0 Å². The van der Waals surface area contributed by atoms with Crippen LogP contribution in [-0.4, -0.2) is 65.9 Å². The maximum absolute atomic E-state index is 13.6. The molecule has 0 spiro atoms. The van der Waals surface area contributed by atoms with Gasteiger partial charge >= 0.3 is 0 Å². The number of halogens is 2. The Hall–Kier alpha value is -3.06. The Morgan fingerprint density at radius 3 is 2.73 bits per heavy atom. The molecule has 2 amide bonds. The smallest absolute Gasteiger partial charge is 0.228 e. The molecule has 172 valence electrons. The normalized spacial score (nSPS) is 19.0. The van der Waals surface area contributed by atoms with E-state index in [-0.39, 0.29) is 30.0 Å². The van der Waals surface area contributed by atoms with Gasteiger partial charge in [0.15, 0.2) is 0 Å².